The third-order valence-corrected chi connectivity index (χ3v) is 4.61. The molecule has 152 valence electrons. The van der Waals surface area contributed by atoms with Crippen LogP contribution in [0.15, 0.2) is 60.7 Å². The van der Waals surface area contributed by atoms with E-state index in [1.54, 1.807) is 6.92 Å². The number of carbonyl (C=O) groups is 3. The highest BCUT2D eigenvalue weighted by molar-refractivity contribution is 5.90. The van der Waals surface area contributed by atoms with Crippen LogP contribution in [0, 0.1) is 0 Å². The van der Waals surface area contributed by atoms with Crippen LogP contribution in [0.2, 0.25) is 0 Å². The van der Waals surface area contributed by atoms with Crippen LogP contribution >= 0.6 is 0 Å². The van der Waals surface area contributed by atoms with E-state index >= 15 is 0 Å². The molecule has 7 heteroatoms. The van der Waals surface area contributed by atoms with Crippen molar-refractivity contribution in [3.63, 3.8) is 0 Å². The smallest absolute Gasteiger partial charge is 0.331 e. The monoisotopic (exact) mass is 396 g/mol. The van der Waals surface area contributed by atoms with Gasteiger partial charge >= 0.3 is 5.97 Å². The maximum atomic E-state index is 12.7. The second-order valence-corrected chi connectivity index (χ2v) is 6.84. The van der Waals surface area contributed by atoms with Gasteiger partial charge in [-0.2, -0.15) is 0 Å². The second kappa shape index (κ2) is 9.84. The lowest BCUT2D eigenvalue weighted by atomic mass is 10.1. The zero-order chi connectivity index (χ0) is 20.6. The molecule has 2 amide bonds. The van der Waals surface area contributed by atoms with Crippen molar-refractivity contribution in [1.29, 1.82) is 0 Å². The van der Waals surface area contributed by atoms with E-state index in [2.05, 4.69) is 5.32 Å². The molecule has 1 fully saturated rings. The Kier molecular flexibility index (Phi) is 6.97. The molecule has 0 aromatic heterocycles. The third-order valence-electron chi connectivity index (χ3n) is 4.61. The summed E-state index contributed by atoms with van der Waals surface area (Å²) in [4.78, 5) is 42.7. The first-order valence-corrected chi connectivity index (χ1v) is 9.54. The van der Waals surface area contributed by atoms with Gasteiger partial charge in [-0.3, -0.25) is 14.4 Å². The van der Waals surface area contributed by atoms with Gasteiger partial charge in [0.1, 0.15) is 12.6 Å². The number of benzene rings is 2. The Morgan fingerprint density at radius 1 is 1.10 bits per heavy atom. The third kappa shape index (κ3) is 5.65. The van der Waals surface area contributed by atoms with Gasteiger partial charge in [-0.05, 0) is 18.1 Å². The highest BCUT2D eigenvalue weighted by Crippen LogP contribution is 2.15. The van der Waals surface area contributed by atoms with Gasteiger partial charge in [-0.1, -0.05) is 60.7 Å². The molecule has 1 heterocycles. The number of nitrogens with zero attached hydrogens (tertiary/aromatic N) is 1. The Morgan fingerprint density at radius 2 is 1.72 bits per heavy atom. The van der Waals surface area contributed by atoms with Gasteiger partial charge in [0, 0.05) is 6.42 Å². The molecule has 2 aromatic carbocycles. The lowest BCUT2D eigenvalue weighted by Crippen LogP contribution is -2.57. The number of amides is 2. The quantitative estimate of drug-likeness (QED) is 0.724. The van der Waals surface area contributed by atoms with E-state index in [0.29, 0.717) is 6.42 Å². The maximum absolute atomic E-state index is 12.7. The molecule has 1 aliphatic rings. The molecule has 0 spiro atoms. The van der Waals surface area contributed by atoms with Crippen LogP contribution in [0.4, 0.5) is 0 Å². The highest BCUT2D eigenvalue weighted by Gasteiger charge is 2.37. The zero-order valence-electron chi connectivity index (χ0n) is 16.2. The summed E-state index contributed by atoms with van der Waals surface area (Å²) in [7, 11) is 0. The molecular weight excluding hydrogens is 372 g/mol. The number of hydrogen-bond donors (Lipinski definition) is 1. The van der Waals surface area contributed by atoms with Crippen molar-refractivity contribution in [2.45, 2.75) is 38.5 Å². The van der Waals surface area contributed by atoms with Gasteiger partial charge in [0.15, 0.2) is 6.04 Å². The molecular formula is C22H24N2O5. The lowest BCUT2D eigenvalue weighted by molar-refractivity contribution is -0.220. The Bertz CT molecular complexity index is 841. The molecule has 2 atom stereocenters. The Labute approximate surface area is 169 Å². The van der Waals surface area contributed by atoms with E-state index in [-0.39, 0.29) is 25.5 Å². The SMILES string of the molecule is C[C@H](C(=O)OCc1ccccc1)N1OCCC(NC(=O)Cc2ccccc2)C1=O. The first-order valence-electron chi connectivity index (χ1n) is 9.54. The van der Waals surface area contributed by atoms with Crippen molar-refractivity contribution in [3.8, 4) is 0 Å². The summed E-state index contributed by atoms with van der Waals surface area (Å²) in [5.41, 5.74) is 1.71. The summed E-state index contributed by atoms with van der Waals surface area (Å²) in [6.07, 6.45) is 0.530. The van der Waals surface area contributed by atoms with Crippen molar-refractivity contribution in [3.05, 3.63) is 71.8 Å². The highest BCUT2D eigenvalue weighted by atomic mass is 16.7. The van der Waals surface area contributed by atoms with Crippen LogP contribution in [0.3, 0.4) is 0 Å². The molecule has 2 aromatic rings. The van der Waals surface area contributed by atoms with E-state index in [1.165, 1.54) is 0 Å². The number of nitrogens with one attached hydrogen (secondary N) is 1. The summed E-state index contributed by atoms with van der Waals surface area (Å²) in [5.74, 6) is -1.28. The lowest BCUT2D eigenvalue weighted by Gasteiger charge is -2.34. The predicted octanol–water partition coefficient (Wildman–Crippen LogP) is 2.01. The molecule has 29 heavy (non-hydrogen) atoms. The van der Waals surface area contributed by atoms with Crippen LogP contribution in [0.1, 0.15) is 24.5 Å². The van der Waals surface area contributed by atoms with Crippen LogP contribution in [-0.2, 0) is 37.0 Å². The molecule has 0 radical (unpaired) electrons. The Morgan fingerprint density at radius 3 is 2.38 bits per heavy atom. The summed E-state index contributed by atoms with van der Waals surface area (Å²) in [5, 5.41) is 3.74. The fraction of sp³-hybridized carbons (Fsp3) is 0.318. The standard InChI is InChI=1S/C22H24N2O5/c1-16(22(27)28-15-18-10-6-3-7-11-18)24-21(26)19(12-13-29-24)23-20(25)14-17-8-4-2-5-9-17/h2-11,16,19H,12-15H2,1H3,(H,23,25)/t16-,19?/m1/s1. The van der Waals surface area contributed by atoms with Crippen molar-refractivity contribution >= 4 is 17.8 Å². The minimum atomic E-state index is -0.917. The molecule has 1 aliphatic heterocycles. The van der Waals surface area contributed by atoms with Crippen LogP contribution < -0.4 is 5.32 Å². The Hall–Kier alpha value is -3.19. The first kappa shape index (κ1) is 20.5. The van der Waals surface area contributed by atoms with Crippen LogP contribution in [0.25, 0.3) is 0 Å². The molecule has 0 bridgehead atoms. The van der Waals surface area contributed by atoms with Crippen molar-refractivity contribution in [2.75, 3.05) is 6.61 Å². The fourth-order valence-electron chi connectivity index (χ4n) is 3.02. The van der Waals surface area contributed by atoms with Gasteiger partial charge in [0.2, 0.25) is 5.91 Å². The molecule has 1 N–H and O–H groups in total. The van der Waals surface area contributed by atoms with E-state index in [0.717, 1.165) is 16.2 Å². The number of esters is 1. The van der Waals surface area contributed by atoms with Crippen molar-refractivity contribution in [2.24, 2.45) is 0 Å². The van der Waals surface area contributed by atoms with Gasteiger partial charge in [0.25, 0.3) is 5.91 Å². The topological polar surface area (TPSA) is 84.9 Å². The zero-order valence-corrected chi connectivity index (χ0v) is 16.2. The minimum Gasteiger partial charge on any atom is -0.459 e. The van der Waals surface area contributed by atoms with Gasteiger partial charge in [0.05, 0.1) is 13.0 Å². The fourth-order valence-corrected chi connectivity index (χ4v) is 3.02. The molecule has 7 nitrogen and oxygen atoms in total. The first-order chi connectivity index (χ1) is 14.0. The number of hydroxylamine groups is 2. The van der Waals surface area contributed by atoms with Crippen LogP contribution in [0.5, 0.6) is 0 Å². The van der Waals surface area contributed by atoms with Crippen molar-refractivity contribution in [1.82, 2.24) is 10.4 Å². The largest absolute Gasteiger partial charge is 0.459 e. The summed E-state index contributed by atoms with van der Waals surface area (Å²) in [6, 6.07) is 16.9. The number of ether oxygens (including phenoxy) is 1. The predicted molar refractivity (Wildman–Crippen MR) is 105 cm³/mol. The maximum Gasteiger partial charge on any atom is 0.331 e. The van der Waals surface area contributed by atoms with E-state index in [9.17, 15) is 14.4 Å². The molecule has 3 rings (SSSR count). The number of hydrogen-bond acceptors (Lipinski definition) is 5. The average molecular weight is 396 g/mol. The average Bonchev–Trinajstić information content (AvgIpc) is 2.74. The molecule has 0 aliphatic carbocycles. The van der Waals surface area contributed by atoms with E-state index in [4.69, 9.17) is 9.57 Å². The van der Waals surface area contributed by atoms with Gasteiger partial charge in [-0.15, -0.1) is 0 Å². The molecule has 0 saturated carbocycles. The molecule has 1 saturated heterocycles. The van der Waals surface area contributed by atoms with Crippen molar-refractivity contribution < 1.29 is 24.0 Å². The normalized spacial score (nSPS) is 17.5. The van der Waals surface area contributed by atoms with Gasteiger partial charge < -0.3 is 10.1 Å². The number of rotatable bonds is 7. The van der Waals surface area contributed by atoms with E-state index < -0.39 is 24.0 Å². The Balaban J connectivity index is 1.53. The van der Waals surface area contributed by atoms with E-state index in [1.807, 2.05) is 60.7 Å². The molecule has 1 unspecified atom stereocenters. The summed E-state index contributed by atoms with van der Waals surface area (Å²) < 4.78 is 5.29. The summed E-state index contributed by atoms with van der Waals surface area (Å²) in [6.45, 7) is 1.88. The van der Waals surface area contributed by atoms with Crippen LogP contribution in [-0.4, -0.2) is 41.5 Å². The second-order valence-electron chi connectivity index (χ2n) is 6.84. The van der Waals surface area contributed by atoms with Gasteiger partial charge in [-0.25, -0.2) is 9.86 Å². The number of carbonyl (C=O) groups excluding carboxylic acids is 3. The minimum absolute atomic E-state index is 0.114. The summed E-state index contributed by atoms with van der Waals surface area (Å²) >= 11 is 0.